The fraction of sp³-hybridized carbons (Fsp3) is 0.176. The minimum atomic E-state index is -0.337. The molecule has 0 aliphatic rings. The third-order valence-electron chi connectivity index (χ3n) is 3.45. The lowest BCUT2D eigenvalue weighted by atomic mass is 10.1. The number of carbonyl (C=O) groups excluding carboxylic acids is 1. The van der Waals surface area contributed by atoms with Crippen LogP contribution >= 0.6 is 0 Å². The van der Waals surface area contributed by atoms with Gasteiger partial charge in [-0.1, -0.05) is 24.3 Å². The van der Waals surface area contributed by atoms with Crippen molar-refractivity contribution >= 4 is 16.9 Å². The summed E-state index contributed by atoms with van der Waals surface area (Å²) in [4.78, 5) is 19.7. The fourth-order valence-electron chi connectivity index (χ4n) is 2.37. The van der Waals surface area contributed by atoms with Crippen molar-refractivity contribution in [1.29, 1.82) is 0 Å². The predicted molar refractivity (Wildman–Crippen MR) is 82.8 cm³/mol. The van der Waals surface area contributed by atoms with Gasteiger partial charge in [0.1, 0.15) is 11.6 Å². The van der Waals surface area contributed by atoms with Crippen LogP contribution in [0.25, 0.3) is 11.0 Å². The number of hydrogen-bond donors (Lipinski definition) is 2. The zero-order valence-electron chi connectivity index (χ0n) is 12.1. The van der Waals surface area contributed by atoms with E-state index in [4.69, 9.17) is 0 Å². The zero-order chi connectivity index (χ0) is 15.5. The molecule has 0 bridgehead atoms. The van der Waals surface area contributed by atoms with Crippen molar-refractivity contribution in [2.24, 2.45) is 0 Å². The second-order valence-corrected chi connectivity index (χ2v) is 5.24. The Labute approximate surface area is 127 Å². The van der Waals surface area contributed by atoms with Gasteiger partial charge < -0.3 is 10.3 Å². The highest BCUT2D eigenvalue weighted by atomic mass is 19.1. The third-order valence-corrected chi connectivity index (χ3v) is 3.45. The third kappa shape index (κ3) is 3.14. The molecule has 1 heterocycles. The smallest absolute Gasteiger partial charge is 0.224 e. The Bertz CT molecular complexity index is 779. The molecule has 1 unspecified atom stereocenters. The molecule has 0 saturated heterocycles. The van der Waals surface area contributed by atoms with E-state index in [9.17, 15) is 9.18 Å². The summed E-state index contributed by atoms with van der Waals surface area (Å²) in [5.41, 5.74) is 2.45. The quantitative estimate of drug-likeness (QED) is 0.777. The Morgan fingerprint density at radius 1 is 1.27 bits per heavy atom. The molecule has 0 spiro atoms. The maximum Gasteiger partial charge on any atom is 0.224 e. The van der Waals surface area contributed by atoms with E-state index in [-0.39, 0.29) is 24.2 Å². The number of rotatable bonds is 4. The molecule has 0 aliphatic carbocycles. The monoisotopic (exact) mass is 297 g/mol. The number of benzene rings is 2. The Balaban J connectivity index is 1.68. The first kappa shape index (κ1) is 14.3. The molecular formula is C17H16FN3O. The number of aromatic nitrogens is 2. The lowest BCUT2D eigenvalue weighted by Gasteiger charge is -2.11. The van der Waals surface area contributed by atoms with E-state index >= 15 is 0 Å². The van der Waals surface area contributed by atoms with Crippen molar-refractivity contribution in [2.45, 2.75) is 19.4 Å². The maximum atomic E-state index is 13.1. The van der Waals surface area contributed by atoms with Crippen LogP contribution in [-0.4, -0.2) is 15.9 Å². The average Bonchev–Trinajstić information content (AvgIpc) is 2.91. The van der Waals surface area contributed by atoms with Crippen molar-refractivity contribution in [2.75, 3.05) is 0 Å². The van der Waals surface area contributed by atoms with Crippen molar-refractivity contribution in [3.8, 4) is 0 Å². The molecule has 112 valence electrons. The number of nitrogens with zero attached hydrogens (tertiary/aromatic N) is 1. The van der Waals surface area contributed by atoms with Crippen LogP contribution in [0.4, 0.5) is 4.39 Å². The Morgan fingerprint density at radius 2 is 2.09 bits per heavy atom. The number of hydrogen-bond acceptors (Lipinski definition) is 2. The Hall–Kier alpha value is -2.69. The molecule has 3 rings (SSSR count). The summed E-state index contributed by atoms with van der Waals surface area (Å²) >= 11 is 0. The van der Waals surface area contributed by atoms with Gasteiger partial charge in [0.05, 0.1) is 23.5 Å². The summed E-state index contributed by atoms with van der Waals surface area (Å²) in [6, 6.07) is 13.5. The van der Waals surface area contributed by atoms with Crippen LogP contribution < -0.4 is 5.32 Å². The molecule has 0 radical (unpaired) electrons. The Kier molecular flexibility index (Phi) is 3.87. The van der Waals surface area contributed by atoms with Crippen LogP contribution in [0.5, 0.6) is 0 Å². The minimum absolute atomic E-state index is 0.141. The van der Waals surface area contributed by atoms with Crippen LogP contribution in [0, 0.1) is 5.82 Å². The largest absolute Gasteiger partial charge is 0.346 e. The van der Waals surface area contributed by atoms with Gasteiger partial charge in [-0.3, -0.25) is 4.79 Å². The SMILES string of the molecule is CC(NC(=O)Cc1cccc(F)c1)c1nc2ccccc2[nH]1. The van der Waals surface area contributed by atoms with Crippen LogP contribution in [0.1, 0.15) is 24.4 Å². The van der Waals surface area contributed by atoms with Crippen molar-refractivity contribution in [1.82, 2.24) is 15.3 Å². The predicted octanol–water partition coefficient (Wildman–Crippen LogP) is 3.12. The molecule has 0 aliphatic heterocycles. The summed E-state index contributed by atoms with van der Waals surface area (Å²) in [6.07, 6.45) is 0.141. The summed E-state index contributed by atoms with van der Waals surface area (Å²) in [5.74, 6) is 0.197. The minimum Gasteiger partial charge on any atom is -0.346 e. The van der Waals surface area contributed by atoms with Crippen LogP contribution in [0.15, 0.2) is 48.5 Å². The highest BCUT2D eigenvalue weighted by Crippen LogP contribution is 2.15. The van der Waals surface area contributed by atoms with E-state index in [1.807, 2.05) is 31.2 Å². The van der Waals surface area contributed by atoms with Gasteiger partial charge in [0.15, 0.2) is 0 Å². The highest BCUT2D eigenvalue weighted by Gasteiger charge is 2.14. The van der Waals surface area contributed by atoms with E-state index in [1.165, 1.54) is 12.1 Å². The van der Waals surface area contributed by atoms with Gasteiger partial charge in [-0.2, -0.15) is 0 Å². The molecule has 1 amide bonds. The maximum absolute atomic E-state index is 13.1. The molecule has 3 aromatic rings. The zero-order valence-corrected chi connectivity index (χ0v) is 12.1. The summed E-state index contributed by atoms with van der Waals surface area (Å²) in [7, 11) is 0. The molecule has 1 atom stereocenters. The molecule has 1 aromatic heterocycles. The molecule has 0 fully saturated rings. The second kappa shape index (κ2) is 5.97. The topological polar surface area (TPSA) is 57.8 Å². The van der Waals surface area contributed by atoms with Crippen LogP contribution in [0.3, 0.4) is 0 Å². The van der Waals surface area contributed by atoms with Gasteiger partial charge in [-0.15, -0.1) is 0 Å². The van der Waals surface area contributed by atoms with E-state index in [1.54, 1.807) is 12.1 Å². The van der Waals surface area contributed by atoms with Gasteiger partial charge in [-0.05, 0) is 36.8 Å². The number of para-hydroxylation sites is 2. The first-order valence-electron chi connectivity index (χ1n) is 7.10. The van der Waals surface area contributed by atoms with Gasteiger partial charge >= 0.3 is 0 Å². The highest BCUT2D eigenvalue weighted by molar-refractivity contribution is 5.79. The first-order valence-corrected chi connectivity index (χ1v) is 7.10. The number of amides is 1. The standard InChI is InChI=1S/C17H16FN3O/c1-11(17-20-14-7-2-3-8-15(14)21-17)19-16(22)10-12-5-4-6-13(18)9-12/h2-9,11H,10H2,1H3,(H,19,22)(H,20,21). The van der Waals surface area contributed by atoms with E-state index < -0.39 is 0 Å². The second-order valence-electron chi connectivity index (χ2n) is 5.24. The fourth-order valence-corrected chi connectivity index (χ4v) is 2.37. The van der Waals surface area contributed by atoms with Crippen molar-refractivity contribution in [3.63, 3.8) is 0 Å². The van der Waals surface area contributed by atoms with Gasteiger partial charge in [0.2, 0.25) is 5.91 Å². The van der Waals surface area contributed by atoms with Crippen LogP contribution in [-0.2, 0) is 11.2 Å². The van der Waals surface area contributed by atoms with Crippen LogP contribution in [0.2, 0.25) is 0 Å². The lowest BCUT2D eigenvalue weighted by molar-refractivity contribution is -0.121. The average molecular weight is 297 g/mol. The number of H-pyrrole nitrogens is 1. The van der Waals surface area contributed by atoms with E-state index in [0.29, 0.717) is 11.4 Å². The first-order chi connectivity index (χ1) is 10.6. The Morgan fingerprint density at radius 3 is 2.86 bits per heavy atom. The number of halogens is 1. The number of nitrogens with one attached hydrogen (secondary N) is 2. The number of fused-ring (bicyclic) bond motifs is 1. The van der Waals surface area contributed by atoms with Crippen molar-refractivity contribution < 1.29 is 9.18 Å². The molecule has 5 heteroatoms. The van der Waals surface area contributed by atoms with E-state index in [2.05, 4.69) is 15.3 Å². The van der Waals surface area contributed by atoms with E-state index in [0.717, 1.165) is 11.0 Å². The summed E-state index contributed by atoms with van der Waals surface area (Å²) in [6.45, 7) is 1.86. The number of imidazole rings is 1. The lowest BCUT2D eigenvalue weighted by Crippen LogP contribution is -2.28. The molecule has 22 heavy (non-hydrogen) atoms. The van der Waals surface area contributed by atoms with Gasteiger partial charge in [-0.25, -0.2) is 9.37 Å². The van der Waals surface area contributed by atoms with Crippen molar-refractivity contribution in [3.05, 3.63) is 65.7 Å². The summed E-state index contributed by atoms with van der Waals surface area (Å²) in [5, 5.41) is 2.87. The normalized spacial score (nSPS) is 12.3. The summed E-state index contributed by atoms with van der Waals surface area (Å²) < 4.78 is 13.1. The van der Waals surface area contributed by atoms with Gasteiger partial charge in [0.25, 0.3) is 0 Å². The van der Waals surface area contributed by atoms with Gasteiger partial charge in [0, 0.05) is 0 Å². The molecule has 2 N–H and O–H groups in total. The number of carbonyl (C=O) groups is 1. The molecule has 2 aromatic carbocycles. The molecule has 4 nitrogen and oxygen atoms in total. The molecule has 0 saturated carbocycles. The number of aromatic amines is 1. The molecular weight excluding hydrogens is 281 g/mol.